The fraction of sp³-hybridized carbons (Fsp3) is 0.929. The van der Waals surface area contributed by atoms with Crippen molar-refractivity contribution < 1.29 is 19.4 Å². The van der Waals surface area contributed by atoms with Crippen LogP contribution in [0.15, 0.2) is 0 Å². The van der Waals surface area contributed by atoms with E-state index in [1.807, 2.05) is 41.5 Å². The second kappa shape index (κ2) is 5.67. The summed E-state index contributed by atoms with van der Waals surface area (Å²) in [5, 5.41) is 13.1. The largest absolute Gasteiger partial charge is 0.444 e. The minimum absolute atomic E-state index is 0.358. The molecule has 1 aliphatic heterocycles. The summed E-state index contributed by atoms with van der Waals surface area (Å²) in [7, 11) is 0. The molecule has 0 bridgehead atoms. The fourth-order valence-electron chi connectivity index (χ4n) is 1.94. The van der Waals surface area contributed by atoms with Crippen LogP contribution < -0.4 is 5.32 Å². The lowest BCUT2D eigenvalue weighted by molar-refractivity contribution is 0.0228. The van der Waals surface area contributed by atoms with Gasteiger partial charge in [-0.15, -0.1) is 0 Å². The Kier molecular flexibility index (Phi) is 4.85. The summed E-state index contributed by atoms with van der Waals surface area (Å²) in [6.45, 7) is 11.9. The molecule has 1 rings (SSSR count). The van der Waals surface area contributed by atoms with Crippen molar-refractivity contribution in [2.24, 2.45) is 5.92 Å². The van der Waals surface area contributed by atoms with Crippen molar-refractivity contribution in [1.82, 2.24) is 5.32 Å². The van der Waals surface area contributed by atoms with E-state index in [0.29, 0.717) is 18.9 Å². The van der Waals surface area contributed by atoms with Crippen LogP contribution in [-0.4, -0.2) is 41.2 Å². The first-order valence-corrected chi connectivity index (χ1v) is 6.85. The maximum atomic E-state index is 11.8. The Morgan fingerprint density at radius 1 is 1.47 bits per heavy atom. The number of nitrogens with one attached hydrogen (secondary N) is 1. The van der Waals surface area contributed by atoms with Crippen LogP contribution in [0.5, 0.6) is 0 Å². The van der Waals surface area contributed by atoms with Crippen molar-refractivity contribution in [2.45, 2.75) is 71.3 Å². The van der Waals surface area contributed by atoms with Gasteiger partial charge in [-0.05, 0) is 40.0 Å². The molecule has 112 valence electrons. The van der Waals surface area contributed by atoms with Gasteiger partial charge in [0.2, 0.25) is 0 Å². The molecule has 0 aromatic rings. The summed E-state index contributed by atoms with van der Waals surface area (Å²) < 4.78 is 10.5. The molecule has 0 spiro atoms. The van der Waals surface area contributed by atoms with Crippen LogP contribution in [-0.2, 0) is 9.47 Å². The van der Waals surface area contributed by atoms with Crippen LogP contribution >= 0.6 is 0 Å². The van der Waals surface area contributed by atoms with Crippen LogP contribution in [0.1, 0.15) is 48.0 Å². The Balaban J connectivity index is 2.62. The quantitative estimate of drug-likeness (QED) is 0.752. The normalized spacial score (nSPS) is 25.9. The van der Waals surface area contributed by atoms with Crippen molar-refractivity contribution in [2.75, 3.05) is 6.61 Å². The van der Waals surface area contributed by atoms with Crippen LogP contribution in [0.2, 0.25) is 0 Å². The molecule has 0 radical (unpaired) electrons. The molecule has 1 fully saturated rings. The molecule has 0 aromatic heterocycles. The van der Waals surface area contributed by atoms with Gasteiger partial charge in [-0.2, -0.15) is 0 Å². The molecule has 5 heteroatoms. The van der Waals surface area contributed by atoms with Gasteiger partial charge in [0.1, 0.15) is 17.3 Å². The van der Waals surface area contributed by atoms with E-state index in [1.165, 1.54) is 0 Å². The van der Waals surface area contributed by atoms with Gasteiger partial charge in [0.25, 0.3) is 0 Å². The zero-order chi connectivity index (χ0) is 14.8. The Morgan fingerprint density at radius 2 is 2.00 bits per heavy atom. The Labute approximate surface area is 115 Å². The molecule has 5 nitrogen and oxygen atoms in total. The number of carbonyl (C=O) groups excluding carboxylic acids is 1. The standard InChI is InChI=1S/C14H27NO4/c1-9(2)7-10(11(16)14(6)8-18-14)15-12(17)19-13(3,4)5/h9-11,16H,7-8H2,1-6H3,(H,15,17)/t10-,11?,14?/m0/s1. The fourth-order valence-corrected chi connectivity index (χ4v) is 1.94. The van der Waals surface area contributed by atoms with Crippen molar-refractivity contribution in [3.63, 3.8) is 0 Å². The zero-order valence-electron chi connectivity index (χ0n) is 12.8. The third kappa shape index (κ3) is 5.37. The smallest absolute Gasteiger partial charge is 0.407 e. The molecule has 1 amide bonds. The van der Waals surface area contributed by atoms with E-state index < -0.39 is 23.4 Å². The van der Waals surface area contributed by atoms with Gasteiger partial charge in [-0.3, -0.25) is 0 Å². The predicted molar refractivity (Wildman–Crippen MR) is 73.0 cm³/mol. The lowest BCUT2D eigenvalue weighted by Crippen LogP contribution is -2.51. The molecule has 1 saturated heterocycles. The average molecular weight is 273 g/mol. The second-order valence-electron chi connectivity index (χ2n) is 6.93. The Hall–Kier alpha value is -0.810. The highest BCUT2D eigenvalue weighted by atomic mass is 16.6. The summed E-state index contributed by atoms with van der Waals surface area (Å²) in [5.41, 5.74) is -1.08. The second-order valence-corrected chi connectivity index (χ2v) is 6.93. The van der Waals surface area contributed by atoms with Gasteiger partial charge in [0.15, 0.2) is 0 Å². The Bertz CT molecular complexity index is 318. The number of rotatable bonds is 5. The van der Waals surface area contributed by atoms with E-state index in [9.17, 15) is 9.90 Å². The molecule has 0 aliphatic carbocycles. The van der Waals surface area contributed by atoms with E-state index in [0.717, 1.165) is 0 Å². The van der Waals surface area contributed by atoms with E-state index in [2.05, 4.69) is 5.32 Å². The summed E-state index contributed by atoms with van der Waals surface area (Å²) in [6.07, 6.45) is -0.539. The molecule has 2 N–H and O–H groups in total. The third-order valence-corrected chi connectivity index (χ3v) is 3.03. The molecule has 3 atom stereocenters. The van der Waals surface area contributed by atoms with Gasteiger partial charge in [-0.1, -0.05) is 13.8 Å². The number of ether oxygens (including phenoxy) is 2. The average Bonchev–Trinajstić information content (AvgIpc) is 2.92. The van der Waals surface area contributed by atoms with Gasteiger partial charge in [0.05, 0.1) is 12.6 Å². The van der Waals surface area contributed by atoms with Crippen molar-refractivity contribution in [3.05, 3.63) is 0 Å². The van der Waals surface area contributed by atoms with Crippen molar-refractivity contribution in [3.8, 4) is 0 Å². The van der Waals surface area contributed by atoms with E-state index >= 15 is 0 Å². The topological polar surface area (TPSA) is 71.1 Å². The predicted octanol–water partition coefficient (Wildman–Crippen LogP) is 2.08. The monoisotopic (exact) mass is 273 g/mol. The first-order valence-electron chi connectivity index (χ1n) is 6.85. The summed E-state index contributed by atoms with van der Waals surface area (Å²) in [4.78, 5) is 11.8. The van der Waals surface area contributed by atoms with E-state index in [1.54, 1.807) is 0 Å². The summed E-state index contributed by atoms with van der Waals surface area (Å²) >= 11 is 0. The molecular weight excluding hydrogens is 246 g/mol. The Morgan fingerprint density at radius 3 is 2.37 bits per heavy atom. The minimum atomic E-state index is -0.720. The van der Waals surface area contributed by atoms with Crippen molar-refractivity contribution in [1.29, 1.82) is 0 Å². The maximum Gasteiger partial charge on any atom is 0.407 e. The summed E-state index contributed by atoms with van der Waals surface area (Å²) in [5.74, 6) is 0.358. The maximum absolute atomic E-state index is 11.8. The highest BCUT2D eigenvalue weighted by molar-refractivity contribution is 5.68. The first kappa shape index (κ1) is 16.2. The number of aliphatic hydroxyl groups excluding tert-OH is 1. The van der Waals surface area contributed by atoms with Crippen LogP contribution in [0.4, 0.5) is 4.79 Å². The van der Waals surface area contributed by atoms with Crippen LogP contribution in [0, 0.1) is 5.92 Å². The summed E-state index contributed by atoms with van der Waals surface area (Å²) in [6, 6.07) is -0.359. The van der Waals surface area contributed by atoms with Crippen LogP contribution in [0.3, 0.4) is 0 Å². The highest BCUT2D eigenvalue weighted by Crippen LogP contribution is 2.33. The third-order valence-electron chi connectivity index (χ3n) is 3.03. The van der Waals surface area contributed by atoms with E-state index in [-0.39, 0.29) is 6.04 Å². The molecular formula is C14H27NO4. The molecule has 1 aliphatic rings. The molecule has 2 unspecified atom stereocenters. The molecule has 1 heterocycles. The number of carbonyl (C=O) groups is 1. The van der Waals surface area contributed by atoms with Gasteiger partial charge in [-0.25, -0.2) is 4.79 Å². The number of aliphatic hydroxyl groups is 1. The van der Waals surface area contributed by atoms with Gasteiger partial charge < -0.3 is 19.9 Å². The van der Waals surface area contributed by atoms with Gasteiger partial charge in [0, 0.05) is 0 Å². The van der Waals surface area contributed by atoms with E-state index in [4.69, 9.17) is 9.47 Å². The minimum Gasteiger partial charge on any atom is -0.444 e. The zero-order valence-corrected chi connectivity index (χ0v) is 12.8. The van der Waals surface area contributed by atoms with Crippen molar-refractivity contribution >= 4 is 6.09 Å². The number of epoxide rings is 1. The lowest BCUT2D eigenvalue weighted by atomic mass is 9.92. The lowest BCUT2D eigenvalue weighted by Gasteiger charge is -2.29. The molecule has 0 saturated carbocycles. The molecule has 19 heavy (non-hydrogen) atoms. The number of hydrogen-bond acceptors (Lipinski definition) is 4. The molecule has 0 aromatic carbocycles. The first-order chi connectivity index (χ1) is 8.53. The SMILES string of the molecule is CC(C)C[C@H](NC(=O)OC(C)(C)C)C(O)C1(C)CO1. The number of amides is 1. The van der Waals surface area contributed by atoms with Gasteiger partial charge >= 0.3 is 6.09 Å². The highest BCUT2D eigenvalue weighted by Gasteiger charge is 2.50. The number of hydrogen-bond donors (Lipinski definition) is 2. The van der Waals surface area contributed by atoms with Crippen LogP contribution in [0.25, 0.3) is 0 Å². The number of alkyl carbamates (subject to hydrolysis) is 1.